The standard InChI is InChI=1S/C12H12BrNO2/c1-2-12(16-7-15)10-6-14-11-5-8(13)3-4-9(10)11/h3-7,12,14H,2H2,1H3. The fraction of sp³-hybridized carbons (Fsp3) is 0.250. The lowest BCUT2D eigenvalue weighted by molar-refractivity contribution is -0.133. The van der Waals surface area contributed by atoms with Gasteiger partial charge >= 0.3 is 0 Å². The first-order valence-corrected chi connectivity index (χ1v) is 5.91. The van der Waals surface area contributed by atoms with E-state index in [1.807, 2.05) is 31.3 Å². The highest BCUT2D eigenvalue weighted by Crippen LogP contribution is 2.29. The zero-order valence-corrected chi connectivity index (χ0v) is 10.5. The van der Waals surface area contributed by atoms with Crippen molar-refractivity contribution in [2.24, 2.45) is 0 Å². The molecule has 1 aromatic heterocycles. The summed E-state index contributed by atoms with van der Waals surface area (Å²) in [5.74, 6) is 0. The summed E-state index contributed by atoms with van der Waals surface area (Å²) in [7, 11) is 0. The predicted molar refractivity (Wildman–Crippen MR) is 66.2 cm³/mol. The Morgan fingerprint density at radius 1 is 1.56 bits per heavy atom. The number of fused-ring (bicyclic) bond motifs is 1. The molecular weight excluding hydrogens is 270 g/mol. The molecule has 1 unspecified atom stereocenters. The molecule has 4 heteroatoms. The van der Waals surface area contributed by atoms with Gasteiger partial charge in [-0.05, 0) is 18.6 Å². The van der Waals surface area contributed by atoms with Crippen LogP contribution in [0.25, 0.3) is 10.9 Å². The Morgan fingerprint density at radius 2 is 2.38 bits per heavy atom. The zero-order chi connectivity index (χ0) is 11.5. The molecule has 0 aliphatic carbocycles. The minimum absolute atomic E-state index is 0.174. The van der Waals surface area contributed by atoms with E-state index in [-0.39, 0.29) is 6.10 Å². The van der Waals surface area contributed by atoms with Crippen LogP contribution in [-0.4, -0.2) is 11.5 Å². The number of hydrogen-bond donors (Lipinski definition) is 1. The predicted octanol–water partition coefficient (Wildman–Crippen LogP) is 3.55. The maximum atomic E-state index is 10.4. The van der Waals surface area contributed by atoms with Crippen LogP contribution < -0.4 is 0 Å². The van der Waals surface area contributed by atoms with E-state index < -0.39 is 0 Å². The second-order valence-corrected chi connectivity index (χ2v) is 4.48. The lowest BCUT2D eigenvalue weighted by Gasteiger charge is -2.11. The van der Waals surface area contributed by atoms with Crippen molar-refractivity contribution in [1.29, 1.82) is 0 Å². The molecule has 1 atom stereocenters. The molecule has 0 radical (unpaired) electrons. The molecule has 1 N–H and O–H groups in total. The largest absolute Gasteiger partial charge is 0.460 e. The van der Waals surface area contributed by atoms with Gasteiger partial charge in [0.15, 0.2) is 0 Å². The Labute approximate surface area is 102 Å². The van der Waals surface area contributed by atoms with Crippen molar-refractivity contribution in [2.45, 2.75) is 19.4 Å². The van der Waals surface area contributed by atoms with Gasteiger partial charge in [-0.25, -0.2) is 0 Å². The molecule has 2 aromatic rings. The molecule has 1 heterocycles. The molecule has 0 aliphatic rings. The van der Waals surface area contributed by atoms with Crippen LogP contribution in [0.15, 0.2) is 28.9 Å². The van der Waals surface area contributed by atoms with Gasteiger partial charge in [0, 0.05) is 27.1 Å². The van der Waals surface area contributed by atoms with Gasteiger partial charge in [-0.3, -0.25) is 4.79 Å². The average molecular weight is 282 g/mol. The van der Waals surface area contributed by atoms with Crippen LogP contribution in [0.3, 0.4) is 0 Å². The molecule has 2 rings (SSSR count). The summed E-state index contributed by atoms with van der Waals surface area (Å²) in [6.07, 6.45) is 2.49. The molecule has 84 valence electrons. The molecule has 0 bridgehead atoms. The summed E-state index contributed by atoms with van der Waals surface area (Å²) in [5.41, 5.74) is 2.06. The Balaban J connectivity index is 2.48. The van der Waals surface area contributed by atoms with E-state index in [2.05, 4.69) is 20.9 Å². The number of ether oxygens (including phenoxy) is 1. The van der Waals surface area contributed by atoms with Crippen LogP contribution in [0.2, 0.25) is 0 Å². The summed E-state index contributed by atoms with van der Waals surface area (Å²) < 4.78 is 6.09. The lowest BCUT2D eigenvalue weighted by Crippen LogP contribution is -2.00. The van der Waals surface area contributed by atoms with E-state index in [0.29, 0.717) is 6.47 Å². The van der Waals surface area contributed by atoms with Crippen molar-refractivity contribution in [3.63, 3.8) is 0 Å². The maximum Gasteiger partial charge on any atom is 0.293 e. The quantitative estimate of drug-likeness (QED) is 0.871. The van der Waals surface area contributed by atoms with Crippen LogP contribution in [0.5, 0.6) is 0 Å². The van der Waals surface area contributed by atoms with E-state index in [1.54, 1.807) is 0 Å². The minimum atomic E-state index is -0.174. The lowest BCUT2D eigenvalue weighted by atomic mass is 10.1. The van der Waals surface area contributed by atoms with Crippen LogP contribution in [0, 0.1) is 0 Å². The molecule has 0 fully saturated rings. The Hall–Kier alpha value is -1.29. The molecule has 0 saturated heterocycles. The second kappa shape index (κ2) is 4.70. The highest BCUT2D eigenvalue weighted by Gasteiger charge is 2.14. The van der Waals surface area contributed by atoms with E-state index in [1.165, 1.54) is 0 Å². The monoisotopic (exact) mass is 281 g/mol. The van der Waals surface area contributed by atoms with Gasteiger partial charge < -0.3 is 9.72 Å². The topological polar surface area (TPSA) is 42.1 Å². The molecule has 0 saturated carbocycles. The third-order valence-electron chi connectivity index (χ3n) is 2.61. The summed E-state index contributed by atoms with van der Waals surface area (Å²) in [4.78, 5) is 13.6. The van der Waals surface area contributed by atoms with Gasteiger partial charge in [-0.1, -0.05) is 28.9 Å². The molecule has 3 nitrogen and oxygen atoms in total. The van der Waals surface area contributed by atoms with Gasteiger partial charge in [0.25, 0.3) is 6.47 Å². The number of H-pyrrole nitrogens is 1. The molecule has 0 spiro atoms. The van der Waals surface area contributed by atoms with Crippen molar-refractivity contribution >= 4 is 33.3 Å². The third-order valence-corrected chi connectivity index (χ3v) is 3.11. The average Bonchev–Trinajstić information content (AvgIpc) is 2.68. The normalized spacial score (nSPS) is 12.6. The Morgan fingerprint density at radius 3 is 3.06 bits per heavy atom. The highest BCUT2D eigenvalue weighted by molar-refractivity contribution is 9.10. The van der Waals surface area contributed by atoms with E-state index in [0.717, 1.165) is 27.4 Å². The SMILES string of the molecule is CCC(OC=O)c1c[nH]c2cc(Br)ccc12. The summed E-state index contributed by atoms with van der Waals surface area (Å²) >= 11 is 3.42. The fourth-order valence-corrected chi connectivity index (χ4v) is 2.20. The van der Waals surface area contributed by atoms with Gasteiger partial charge in [0.05, 0.1) is 0 Å². The summed E-state index contributed by atoms with van der Waals surface area (Å²) in [6.45, 7) is 2.50. The molecule has 0 aliphatic heterocycles. The fourth-order valence-electron chi connectivity index (χ4n) is 1.84. The van der Waals surface area contributed by atoms with Gasteiger partial charge in [0.1, 0.15) is 6.10 Å². The number of carbonyl (C=O) groups is 1. The number of benzene rings is 1. The van der Waals surface area contributed by atoms with Gasteiger partial charge in [0.2, 0.25) is 0 Å². The van der Waals surface area contributed by atoms with Crippen molar-refractivity contribution in [1.82, 2.24) is 4.98 Å². The van der Waals surface area contributed by atoms with Crippen molar-refractivity contribution in [3.05, 3.63) is 34.4 Å². The molecule has 0 amide bonds. The Bertz CT molecular complexity index is 507. The minimum Gasteiger partial charge on any atom is -0.460 e. The van der Waals surface area contributed by atoms with E-state index >= 15 is 0 Å². The number of nitrogens with one attached hydrogen (secondary N) is 1. The van der Waals surface area contributed by atoms with Crippen LogP contribution in [0.4, 0.5) is 0 Å². The van der Waals surface area contributed by atoms with Crippen molar-refractivity contribution in [3.8, 4) is 0 Å². The van der Waals surface area contributed by atoms with Crippen LogP contribution in [-0.2, 0) is 9.53 Å². The van der Waals surface area contributed by atoms with Gasteiger partial charge in [-0.15, -0.1) is 0 Å². The summed E-state index contributed by atoms with van der Waals surface area (Å²) in [6, 6.07) is 6.00. The first-order valence-electron chi connectivity index (χ1n) is 5.12. The number of halogens is 1. The zero-order valence-electron chi connectivity index (χ0n) is 8.87. The van der Waals surface area contributed by atoms with Gasteiger partial charge in [-0.2, -0.15) is 0 Å². The third kappa shape index (κ3) is 1.97. The molecule has 1 aromatic carbocycles. The first kappa shape index (κ1) is 11.2. The number of aromatic amines is 1. The maximum absolute atomic E-state index is 10.4. The van der Waals surface area contributed by atoms with Crippen LogP contribution in [0.1, 0.15) is 25.0 Å². The van der Waals surface area contributed by atoms with E-state index in [9.17, 15) is 4.79 Å². The van der Waals surface area contributed by atoms with Crippen LogP contribution >= 0.6 is 15.9 Å². The highest BCUT2D eigenvalue weighted by atomic mass is 79.9. The smallest absolute Gasteiger partial charge is 0.293 e. The van der Waals surface area contributed by atoms with E-state index in [4.69, 9.17) is 4.74 Å². The Kier molecular flexibility index (Phi) is 3.29. The number of rotatable bonds is 4. The number of hydrogen-bond acceptors (Lipinski definition) is 2. The van der Waals surface area contributed by atoms with Crippen molar-refractivity contribution < 1.29 is 9.53 Å². The second-order valence-electron chi connectivity index (χ2n) is 3.56. The van der Waals surface area contributed by atoms with Crippen molar-refractivity contribution in [2.75, 3.05) is 0 Å². The molecular formula is C12H12BrNO2. The number of aromatic nitrogens is 1. The number of carbonyl (C=O) groups excluding carboxylic acids is 1. The molecule has 16 heavy (non-hydrogen) atoms. The summed E-state index contributed by atoms with van der Waals surface area (Å²) in [5, 5.41) is 1.09. The first-order chi connectivity index (χ1) is 7.76.